The zero-order valence-electron chi connectivity index (χ0n) is 12.7. The topological polar surface area (TPSA) is 12.0 Å². The largest absolute Gasteiger partial charge is 0.312 e. The second kappa shape index (κ2) is 6.21. The number of rotatable bonds is 3. The molecule has 1 nitrogen and oxygen atoms in total. The fourth-order valence-electron chi connectivity index (χ4n) is 3.12. The molecule has 0 radical (unpaired) electrons. The van der Waals surface area contributed by atoms with E-state index in [1.54, 1.807) is 0 Å². The summed E-state index contributed by atoms with van der Waals surface area (Å²) in [4.78, 5) is 0. The van der Waals surface area contributed by atoms with Crippen LogP contribution in [0, 0.1) is 17.6 Å². The van der Waals surface area contributed by atoms with Crippen LogP contribution in [0.25, 0.3) is 0 Å². The average molecular weight is 281 g/mol. The van der Waals surface area contributed by atoms with Crippen molar-refractivity contribution in [3.05, 3.63) is 35.4 Å². The summed E-state index contributed by atoms with van der Waals surface area (Å²) in [7, 11) is 0. The van der Waals surface area contributed by atoms with E-state index in [-0.39, 0.29) is 11.5 Å². The van der Waals surface area contributed by atoms with Gasteiger partial charge in [-0.05, 0) is 69.7 Å². The van der Waals surface area contributed by atoms with Crippen LogP contribution in [0.1, 0.15) is 57.9 Å². The summed E-state index contributed by atoms with van der Waals surface area (Å²) in [6.45, 7) is 7.35. The fraction of sp³-hybridized carbons (Fsp3) is 0.647. The summed E-state index contributed by atoms with van der Waals surface area (Å²) in [6, 6.07) is 3.96. The molecule has 3 heteroatoms. The van der Waals surface area contributed by atoms with Gasteiger partial charge in [-0.25, -0.2) is 8.78 Å². The first-order valence-electron chi connectivity index (χ1n) is 7.56. The Labute approximate surface area is 120 Å². The molecule has 1 saturated carbocycles. The summed E-state index contributed by atoms with van der Waals surface area (Å²) in [5.74, 6) is -0.200. The maximum absolute atomic E-state index is 13.4. The van der Waals surface area contributed by atoms with Crippen LogP contribution < -0.4 is 5.32 Å². The Morgan fingerprint density at radius 3 is 2.25 bits per heavy atom. The van der Waals surface area contributed by atoms with E-state index in [2.05, 4.69) is 26.1 Å². The van der Waals surface area contributed by atoms with E-state index in [0.29, 0.717) is 5.92 Å². The lowest BCUT2D eigenvalue weighted by Crippen LogP contribution is -2.41. The lowest BCUT2D eigenvalue weighted by Gasteiger charge is -2.34. The van der Waals surface area contributed by atoms with Crippen LogP contribution in [0.5, 0.6) is 0 Å². The predicted molar refractivity (Wildman–Crippen MR) is 78.8 cm³/mol. The normalized spacial score (nSPS) is 23.9. The van der Waals surface area contributed by atoms with E-state index < -0.39 is 11.6 Å². The zero-order valence-corrected chi connectivity index (χ0v) is 12.7. The molecule has 2 rings (SSSR count). The fourth-order valence-corrected chi connectivity index (χ4v) is 3.12. The molecular weight excluding hydrogens is 256 g/mol. The second-order valence-electron chi connectivity index (χ2n) is 6.98. The second-order valence-corrected chi connectivity index (χ2v) is 6.98. The summed E-state index contributed by atoms with van der Waals surface area (Å²) in [5, 5.41) is 3.53. The summed E-state index contributed by atoms with van der Waals surface area (Å²) in [6.07, 6.45) is 4.52. The highest BCUT2D eigenvalue weighted by Gasteiger charge is 2.28. The molecule has 0 aromatic heterocycles. The molecule has 1 fully saturated rings. The predicted octanol–water partition coefficient (Wildman–Crippen LogP) is 4.63. The van der Waals surface area contributed by atoms with Gasteiger partial charge in [0, 0.05) is 11.6 Å². The van der Waals surface area contributed by atoms with Gasteiger partial charge in [-0.1, -0.05) is 12.8 Å². The van der Waals surface area contributed by atoms with Crippen LogP contribution >= 0.6 is 0 Å². The first-order valence-corrected chi connectivity index (χ1v) is 7.56. The van der Waals surface area contributed by atoms with Crippen LogP contribution in [0.2, 0.25) is 0 Å². The van der Waals surface area contributed by atoms with Crippen molar-refractivity contribution >= 4 is 0 Å². The van der Waals surface area contributed by atoms with E-state index in [4.69, 9.17) is 0 Å². The van der Waals surface area contributed by atoms with Crippen LogP contribution in [0.3, 0.4) is 0 Å². The van der Waals surface area contributed by atoms with Gasteiger partial charge < -0.3 is 5.32 Å². The van der Waals surface area contributed by atoms with E-state index >= 15 is 0 Å². The molecule has 0 spiro atoms. The number of benzene rings is 1. The van der Waals surface area contributed by atoms with Crippen LogP contribution in [0.15, 0.2) is 18.2 Å². The van der Waals surface area contributed by atoms with Gasteiger partial charge in [-0.15, -0.1) is 0 Å². The first-order chi connectivity index (χ1) is 9.35. The van der Waals surface area contributed by atoms with Gasteiger partial charge in [0.25, 0.3) is 0 Å². The molecule has 2 atom stereocenters. The third-order valence-corrected chi connectivity index (χ3v) is 4.12. The lowest BCUT2D eigenvalue weighted by atomic mass is 9.75. The molecule has 1 aromatic carbocycles. The van der Waals surface area contributed by atoms with Crippen molar-refractivity contribution in [3.63, 3.8) is 0 Å². The van der Waals surface area contributed by atoms with Crippen molar-refractivity contribution in [1.82, 2.24) is 5.32 Å². The monoisotopic (exact) mass is 281 g/mol. The summed E-state index contributed by atoms with van der Waals surface area (Å²) in [5.41, 5.74) is 0.901. The molecule has 1 aliphatic carbocycles. The Bertz CT molecular complexity index is 431. The minimum absolute atomic E-state index is 0.0786. The highest BCUT2D eigenvalue weighted by Crippen LogP contribution is 2.38. The molecule has 112 valence electrons. The quantitative estimate of drug-likeness (QED) is 0.852. The highest BCUT2D eigenvalue weighted by atomic mass is 19.1. The maximum atomic E-state index is 13.4. The molecule has 0 aliphatic heterocycles. The summed E-state index contributed by atoms with van der Waals surface area (Å²) < 4.78 is 26.9. The maximum Gasteiger partial charge on any atom is 0.126 e. The standard InChI is InChI=1S/C17H25F2N/c1-17(2,3)20-11-12-6-4-5-7-16(12)13-8-14(18)10-15(19)9-13/h8-10,12,16,20H,4-7,11H2,1-3H3. The molecule has 0 saturated heterocycles. The third kappa shape index (κ3) is 4.27. The van der Waals surface area contributed by atoms with Gasteiger partial charge in [-0.3, -0.25) is 0 Å². The van der Waals surface area contributed by atoms with Gasteiger partial charge in [0.2, 0.25) is 0 Å². The number of hydrogen-bond acceptors (Lipinski definition) is 1. The minimum atomic E-state index is -0.465. The van der Waals surface area contributed by atoms with Gasteiger partial charge >= 0.3 is 0 Å². The Hall–Kier alpha value is -0.960. The van der Waals surface area contributed by atoms with Crippen molar-refractivity contribution in [3.8, 4) is 0 Å². The van der Waals surface area contributed by atoms with Gasteiger partial charge in [0.15, 0.2) is 0 Å². The third-order valence-electron chi connectivity index (χ3n) is 4.12. The average Bonchev–Trinajstić information content (AvgIpc) is 2.34. The van der Waals surface area contributed by atoms with Crippen molar-refractivity contribution in [2.75, 3.05) is 6.54 Å². The van der Waals surface area contributed by atoms with Gasteiger partial charge in [0.1, 0.15) is 11.6 Å². The van der Waals surface area contributed by atoms with Crippen LogP contribution in [-0.2, 0) is 0 Å². The molecule has 0 heterocycles. The van der Waals surface area contributed by atoms with Crippen LogP contribution in [-0.4, -0.2) is 12.1 Å². The Balaban J connectivity index is 2.13. The molecule has 1 N–H and O–H groups in total. The van der Waals surface area contributed by atoms with E-state index in [0.717, 1.165) is 37.4 Å². The van der Waals surface area contributed by atoms with Crippen molar-refractivity contribution in [2.45, 2.75) is 57.9 Å². The highest BCUT2D eigenvalue weighted by molar-refractivity contribution is 5.23. The van der Waals surface area contributed by atoms with Crippen LogP contribution in [0.4, 0.5) is 8.78 Å². The number of halogens is 2. The van der Waals surface area contributed by atoms with Crippen molar-refractivity contribution < 1.29 is 8.78 Å². The Kier molecular flexibility index (Phi) is 4.79. The zero-order chi connectivity index (χ0) is 14.8. The van der Waals surface area contributed by atoms with Gasteiger partial charge in [-0.2, -0.15) is 0 Å². The lowest BCUT2D eigenvalue weighted by molar-refractivity contribution is 0.268. The number of nitrogens with one attached hydrogen (secondary N) is 1. The van der Waals surface area contributed by atoms with Gasteiger partial charge in [0.05, 0.1) is 0 Å². The molecule has 1 aromatic rings. The molecule has 1 aliphatic rings. The van der Waals surface area contributed by atoms with E-state index in [1.807, 2.05) is 0 Å². The summed E-state index contributed by atoms with van der Waals surface area (Å²) >= 11 is 0. The molecule has 2 unspecified atom stereocenters. The molecular formula is C17H25F2N. The van der Waals surface area contributed by atoms with Crippen molar-refractivity contribution in [2.24, 2.45) is 5.92 Å². The molecule has 0 amide bonds. The molecule has 0 bridgehead atoms. The first kappa shape index (κ1) is 15.4. The van der Waals surface area contributed by atoms with E-state index in [9.17, 15) is 8.78 Å². The Morgan fingerprint density at radius 2 is 1.65 bits per heavy atom. The minimum Gasteiger partial charge on any atom is -0.312 e. The smallest absolute Gasteiger partial charge is 0.126 e. The number of hydrogen-bond donors (Lipinski definition) is 1. The SMILES string of the molecule is CC(C)(C)NCC1CCCCC1c1cc(F)cc(F)c1. The Morgan fingerprint density at radius 1 is 1.05 bits per heavy atom. The molecule has 20 heavy (non-hydrogen) atoms. The van der Waals surface area contributed by atoms with Crippen molar-refractivity contribution in [1.29, 1.82) is 0 Å². The van der Waals surface area contributed by atoms with E-state index in [1.165, 1.54) is 18.6 Å².